The predicted octanol–water partition coefficient (Wildman–Crippen LogP) is 4.37. The Morgan fingerprint density at radius 2 is 1.67 bits per heavy atom. The molecule has 1 N–H and O–H groups in total. The SMILES string of the molecule is CCCCCCOc1ccccc1C(=O)Nc1ccccc1C(=O)N1CCOCC1. The molecule has 1 aliphatic heterocycles. The van der Waals surface area contributed by atoms with Gasteiger partial charge < -0.3 is 19.7 Å². The normalized spacial score (nSPS) is 13.7. The zero-order chi connectivity index (χ0) is 21.2. The Morgan fingerprint density at radius 1 is 0.967 bits per heavy atom. The largest absolute Gasteiger partial charge is 0.493 e. The number of nitrogens with one attached hydrogen (secondary N) is 1. The van der Waals surface area contributed by atoms with Gasteiger partial charge >= 0.3 is 0 Å². The van der Waals surface area contributed by atoms with Crippen LogP contribution in [0, 0.1) is 0 Å². The summed E-state index contributed by atoms with van der Waals surface area (Å²) in [6.07, 6.45) is 4.42. The fourth-order valence-electron chi connectivity index (χ4n) is 3.40. The molecule has 0 saturated carbocycles. The zero-order valence-corrected chi connectivity index (χ0v) is 17.6. The highest BCUT2D eigenvalue weighted by molar-refractivity contribution is 6.10. The molecule has 2 amide bonds. The average molecular weight is 411 g/mol. The van der Waals surface area contributed by atoms with Crippen molar-refractivity contribution in [2.24, 2.45) is 0 Å². The van der Waals surface area contributed by atoms with E-state index in [9.17, 15) is 9.59 Å². The summed E-state index contributed by atoms with van der Waals surface area (Å²) in [5, 5.41) is 2.90. The second-order valence-electron chi connectivity index (χ2n) is 7.31. The Kier molecular flexibility index (Phi) is 8.27. The van der Waals surface area contributed by atoms with Gasteiger partial charge in [0.05, 0.1) is 36.6 Å². The molecule has 1 aliphatic rings. The molecular weight excluding hydrogens is 380 g/mol. The van der Waals surface area contributed by atoms with E-state index < -0.39 is 0 Å². The first kappa shape index (κ1) is 21.8. The molecule has 3 rings (SSSR count). The van der Waals surface area contributed by atoms with Crippen LogP contribution in [-0.2, 0) is 4.74 Å². The lowest BCUT2D eigenvalue weighted by atomic mass is 10.1. The number of ether oxygens (including phenoxy) is 2. The molecule has 0 aliphatic carbocycles. The quantitative estimate of drug-likeness (QED) is 0.624. The van der Waals surface area contributed by atoms with E-state index >= 15 is 0 Å². The van der Waals surface area contributed by atoms with Gasteiger partial charge in [0.15, 0.2) is 0 Å². The minimum atomic E-state index is -0.290. The molecule has 1 saturated heterocycles. The highest BCUT2D eigenvalue weighted by Crippen LogP contribution is 2.23. The van der Waals surface area contributed by atoms with Gasteiger partial charge in [-0.15, -0.1) is 0 Å². The van der Waals surface area contributed by atoms with Gasteiger partial charge in [0.2, 0.25) is 0 Å². The number of benzene rings is 2. The van der Waals surface area contributed by atoms with Gasteiger partial charge in [0.25, 0.3) is 11.8 Å². The van der Waals surface area contributed by atoms with E-state index in [2.05, 4.69) is 12.2 Å². The van der Waals surface area contributed by atoms with Crippen LogP contribution in [0.3, 0.4) is 0 Å². The minimum absolute atomic E-state index is 0.102. The molecule has 6 heteroatoms. The number of hydrogen-bond donors (Lipinski definition) is 1. The van der Waals surface area contributed by atoms with Crippen LogP contribution in [0.4, 0.5) is 5.69 Å². The molecule has 0 spiro atoms. The van der Waals surface area contributed by atoms with Crippen molar-refractivity contribution in [1.82, 2.24) is 4.90 Å². The number of para-hydroxylation sites is 2. The number of carbonyl (C=O) groups excluding carboxylic acids is 2. The van der Waals surface area contributed by atoms with Crippen LogP contribution in [0.25, 0.3) is 0 Å². The summed E-state index contributed by atoms with van der Waals surface area (Å²) in [5.74, 6) is 0.166. The number of unbranched alkanes of at least 4 members (excludes halogenated alkanes) is 3. The molecule has 0 unspecified atom stereocenters. The van der Waals surface area contributed by atoms with Crippen molar-refractivity contribution < 1.29 is 19.1 Å². The summed E-state index contributed by atoms with van der Waals surface area (Å²) >= 11 is 0. The van der Waals surface area contributed by atoms with Crippen LogP contribution >= 0.6 is 0 Å². The molecule has 30 heavy (non-hydrogen) atoms. The van der Waals surface area contributed by atoms with E-state index in [1.165, 1.54) is 12.8 Å². The first-order valence-electron chi connectivity index (χ1n) is 10.7. The fourth-order valence-corrected chi connectivity index (χ4v) is 3.40. The summed E-state index contributed by atoms with van der Waals surface area (Å²) in [4.78, 5) is 27.7. The number of amides is 2. The molecule has 0 aromatic heterocycles. The number of morpholine rings is 1. The van der Waals surface area contributed by atoms with Gasteiger partial charge in [-0.3, -0.25) is 9.59 Å². The van der Waals surface area contributed by atoms with E-state index in [1.807, 2.05) is 18.2 Å². The van der Waals surface area contributed by atoms with Crippen LogP contribution in [0.5, 0.6) is 5.75 Å². The van der Waals surface area contributed by atoms with Crippen molar-refractivity contribution in [3.05, 3.63) is 59.7 Å². The Morgan fingerprint density at radius 3 is 2.43 bits per heavy atom. The zero-order valence-electron chi connectivity index (χ0n) is 17.6. The Balaban J connectivity index is 1.70. The van der Waals surface area contributed by atoms with Gasteiger partial charge in [0.1, 0.15) is 5.75 Å². The summed E-state index contributed by atoms with van der Waals surface area (Å²) < 4.78 is 11.2. The molecule has 1 heterocycles. The molecule has 2 aromatic rings. The maximum absolute atomic E-state index is 13.0. The minimum Gasteiger partial charge on any atom is -0.493 e. The van der Waals surface area contributed by atoms with Crippen molar-refractivity contribution in [1.29, 1.82) is 0 Å². The van der Waals surface area contributed by atoms with Gasteiger partial charge in [-0.1, -0.05) is 50.5 Å². The van der Waals surface area contributed by atoms with Crippen LogP contribution in [0.2, 0.25) is 0 Å². The van der Waals surface area contributed by atoms with Gasteiger partial charge in [-0.05, 0) is 30.7 Å². The number of hydrogen-bond acceptors (Lipinski definition) is 4. The molecule has 0 radical (unpaired) electrons. The van der Waals surface area contributed by atoms with Gasteiger partial charge in [0, 0.05) is 13.1 Å². The second kappa shape index (κ2) is 11.4. The van der Waals surface area contributed by atoms with Gasteiger partial charge in [-0.2, -0.15) is 0 Å². The molecule has 160 valence electrons. The third-order valence-corrected chi connectivity index (χ3v) is 5.09. The van der Waals surface area contributed by atoms with Crippen molar-refractivity contribution in [3.63, 3.8) is 0 Å². The maximum Gasteiger partial charge on any atom is 0.259 e. The van der Waals surface area contributed by atoms with Crippen molar-refractivity contribution in [3.8, 4) is 5.75 Å². The smallest absolute Gasteiger partial charge is 0.259 e. The van der Waals surface area contributed by atoms with Crippen LogP contribution in [-0.4, -0.2) is 49.6 Å². The maximum atomic E-state index is 13.0. The average Bonchev–Trinajstić information content (AvgIpc) is 2.79. The highest BCUT2D eigenvalue weighted by atomic mass is 16.5. The number of carbonyl (C=O) groups is 2. The molecule has 1 fully saturated rings. The molecule has 2 aromatic carbocycles. The van der Waals surface area contributed by atoms with E-state index in [0.29, 0.717) is 55.5 Å². The second-order valence-corrected chi connectivity index (χ2v) is 7.31. The van der Waals surface area contributed by atoms with E-state index in [-0.39, 0.29) is 11.8 Å². The molecule has 6 nitrogen and oxygen atoms in total. The fraction of sp³-hybridized carbons (Fsp3) is 0.417. The van der Waals surface area contributed by atoms with Gasteiger partial charge in [-0.25, -0.2) is 0 Å². The number of rotatable bonds is 9. The highest BCUT2D eigenvalue weighted by Gasteiger charge is 2.22. The van der Waals surface area contributed by atoms with Crippen LogP contribution < -0.4 is 10.1 Å². The Bertz CT molecular complexity index is 847. The lowest BCUT2D eigenvalue weighted by Crippen LogP contribution is -2.41. The lowest BCUT2D eigenvalue weighted by Gasteiger charge is -2.27. The monoisotopic (exact) mass is 410 g/mol. The van der Waals surface area contributed by atoms with E-state index in [0.717, 1.165) is 12.8 Å². The van der Waals surface area contributed by atoms with E-state index in [4.69, 9.17) is 9.47 Å². The first-order valence-corrected chi connectivity index (χ1v) is 10.7. The Hall–Kier alpha value is -2.86. The Labute approximate surface area is 178 Å². The summed E-state index contributed by atoms with van der Waals surface area (Å²) in [6.45, 7) is 4.91. The third-order valence-electron chi connectivity index (χ3n) is 5.09. The standard InChI is InChI=1S/C24H30N2O4/c1-2-3-4-9-16-30-22-13-8-6-11-20(22)23(27)25-21-12-7-5-10-19(21)24(28)26-14-17-29-18-15-26/h5-8,10-13H,2-4,9,14-18H2,1H3,(H,25,27). The summed E-state index contributed by atoms with van der Waals surface area (Å²) in [7, 11) is 0. The molecule has 0 atom stereocenters. The molecular formula is C24H30N2O4. The summed E-state index contributed by atoms with van der Waals surface area (Å²) in [5.41, 5.74) is 1.43. The van der Waals surface area contributed by atoms with Crippen molar-refractivity contribution >= 4 is 17.5 Å². The number of anilines is 1. The predicted molar refractivity (Wildman–Crippen MR) is 117 cm³/mol. The van der Waals surface area contributed by atoms with Crippen molar-refractivity contribution in [2.45, 2.75) is 32.6 Å². The van der Waals surface area contributed by atoms with Crippen LogP contribution in [0.15, 0.2) is 48.5 Å². The first-order chi connectivity index (χ1) is 14.7. The number of nitrogens with zero attached hydrogens (tertiary/aromatic N) is 1. The third kappa shape index (κ3) is 5.83. The lowest BCUT2D eigenvalue weighted by molar-refractivity contribution is 0.0303. The molecule has 0 bridgehead atoms. The van der Waals surface area contributed by atoms with Crippen molar-refractivity contribution in [2.75, 3.05) is 38.2 Å². The summed E-state index contributed by atoms with van der Waals surface area (Å²) in [6, 6.07) is 14.3. The van der Waals surface area contributed by atoms with E-state index in [1.54, 1.807) is 35.2 Å². The topological polar surface area (TPSA) is 67.9 Å². The van der Waals surface area contributed by atoms with Crippen LogP contribution in [0.1, 0.15) is 53.3 Å².